The van der Waals surface area contributed by atoms with Crippen molar-refractivity contribution in [1.82, 2.24) is 9.66 Å². The van der Waals surface area contributed by atoms with E-state index in [0.29, 0.717) is 0 Å². The van der Waals surface area contributed by atoms with Gasteiger partial charge < -0.3 is 5.43 Å². The molecule has 42 valence electrons. The highest BCUT2D eigenvalue weighted by atomic mass is 32.2. The summed E-state index contributed by atoms with van der Waals surface area (Å²) in [5, 5.41) is 1.06. The molecule has 0 aliphatic carbocycles. The maximum absolute atomic E-state index is 4.06. The fraction of sp³-hybridized carbons (Fsp3) is 0.250. The Kier molecular flexibility index (Phi) is 0.754. The van der Waals surface area contributed by atoms with Gasteiger partial charge in [0, 0.05) is 12.4 Å². The standard InChI is InChI=1S/C4H5N3S/c1-2-7-4(5-1)8-3-6-7/h1-2,6H,3H2. The van der Waals surface area contributed by atoms with Crippen molar-refractivity contribution in [1.29, 1.82) is 0 Å². The van der Waals surface area contributed by atoms with Gasteiger partial charge in [0.2, 0.25) is 0 Å². The van der Waals surface area contributed by atoms with Crippen LogP contribution in [0.1, 0.15) is 0 Å². The molecule has 0 fully saturated rings. The van der Waals surface area contributed by atoms with E-state index >= 15 is 0 Å². The molecular formula is C4H5N3S. The van der Waals surface area contributed by atoms with Crippen LogP contribution in [0.5, 0.6) is 0 Å². The molecule has 2 rings (SSSR count). The maximum atomic E-state index is 4.06. The van der Waals surface area contributed by atoms with Crippen molar-refractivity contribution in [2.45, 2.75) is 5.16 Å². The fourth-order valence-electron chi connectivity index (χ4n) is 0.683. The van der Waals surface area contributed by atoms with Crippen molar-refractivity contribution in [2.24, 2.45) is 0 Å². The smallest absolute Gasteiger partial charge is 0.188 e. The predicted molar refractivity (Wildman–Crippen MR) is 32.3 cm³/mol. The van der Waals surface area contributed by atoms with E-state index in [1.54, 1.807) is 18.0 Å². The number of rotatable bonds is 0. The van der Waals surface area contributed by atoms with Crippen LogP contribution in [-0.2, 0) is 0 Å². The number of hydrogen-bond acceptors (Lipinski definition) is 3. The minimum absolute atomic E-state index is 0.948. The maximum Gasteiger partial charge on any atom is 0.188 e. The summed E-state index contributed by atoms with van der Waals surface area (Å²) in [6, 6.07) is 0. The number of imidazole rings is 1. The molecule has 0 atom stereocenters. The van der Waals surface area contributed by atoms with Gasteiger partial charge in [0.15, 0.2) is 5.16 Å². The highest BCUT2D eigenvalue weighted by Crippen LogP contribution is 2.18. The molecule has 0 unspecified atom stereocenters. The number of thioether (sulfide) groups is 1. The van der Waals surface area contributed by atoms with Crippen LogP contribution in [0.4, 0.5) is 0 Å². The van der Waals surface area contributed by atoms with Gasteiger partial charge in [0.1, 0.15) is 0 Å². The minimum atomic E-state index is 0.948. The van der Waals surface area contributed by atoms with Gasteiger partial charge in [-0.3, -0.25) is 0 Å². The Morgan fingerprint density at radius 3 is 3.75 bits per heavy atom. The molecule has 1 aliphatic rings. The molecule has 1 aromatic rings. The van der Waals surface area contributed by atoms with Gasteiger partial charge in [-0.1, -0.05) is 11.8 Å². The van der Waals surface area contributed by atoms with E-state index in [1.165, 1.54) is 0 Å². The molecule has 0 saturated carbocycles. The average molecular weight is 127 g/mol. The number of aromatic nitrogens is 2. The SMILES string of the molecule is c1cn2c(n1)SCN2. The lowest BCUT2D eigenvalue weighted by Crippen LogP contribution is -2.04. The zero-order chi connectivity index (χ0) is 5.40. The first-order chi connectivity index (χ1) is 3.97. The van der Waals surface area contributed by atoms with Gasteiger partial charge in [-0.05, 0) is 0 Å². The normalized spacial score (nSPS) is 15.5. The molecule has 1 aromatic heterocycles. The third-order valence-electron chi connectivity index (χ3n) is 1.04. The lowest BCUT2D eigenvalue weighted by Gasteiger charge is -1.91. The Hall–Kier alpha value is -0.640. The summed E-state index contributed by atoms with van der Waals surface area (Å²) in [6.45, 7) is 0. The zero-order valence-corrected chi connectivity index (χ0v) is 4.98. The van der Waals surface area contributed by atoms with Crippen molar-refractivity contribution in [3.8, 4) is 0 Å². The molecule has 0 radical (unpaired) electrons. The summed E-state index contributed by atoms with van der Waals surface area (Å²) in [5.74, 6) is 0.948. The third-order valence-corrected chi connectivity index (χ3v) is 1.88. The molecule has 3 nitrogen and oxygen atoms in total. The van der Waals surface area contributed by atoms with Crippen molar-refractivity contribution in [3.63, 3.8) is 0 Å². The second-order valence-corrected chi connectivity index (χ2v) is 2.47. The van der Waals surface area contributed by atoms with E-state index in [1.807, 2.05) is 10.9 Å². The summed E-state index contributed by atoms with van der Waals surface area (Å²) in [4.78, 5) is 4.06. The van der Waals surface area contributed by atoms with Gasteiger partial charge in [-0.2, -0.15) is 0 Å². The first-order valence-corrected chi connectivity index (χ1v) is 3.35. The molecule has 0 spiro atoms. The van der Waals surface area contributed by atoms with Crippen molar-refractivity contribution in [3.05, 3.63) is 12.4 Å². The molecule has 0 amide bonds. The quantitative estimate of drug-likeness (QED) is 0.550. The summed E-state index contributed by atoms with van der Waals surface area (Å²) in [5.41, 5.74) is 3.10. The van der Waals surface area contributed by atoms with E-state index in [4.69, 9.17) is 0 Å². The van der Waals surface area contributed by atoms with Crippen molar-refractivity contribution >= 4 is 11.8 Å². The van der Waals surface area contributed by atoms with Crippen molar-refractivity contribution < 1.29 is 0 Å². The fourth-order valence-corrected chi connectivity index (χ4v) is 1.42. The van der Waals surface area contributed by atoms with E-state index in [9.17, 15) is 0 Å². The van der Waals surface area contributed by atoms with Crippen LogP contribution >= 0.6 is 11.8 Å². The minimum Gasteiger partial charge on any atom is -0.314 e. The lowest BCUT2D eigenvalue weighted by atomic mass is 11.0. The van der Waals surface area contributed by atoms with E-state index in [0.717, 1.165) is 11.0 Å². The largest absolute Gasteiger partial charge is 0.314 e. The molecule has 2 heterocycles. The van der Waals surface area contributed by atoms with Crippen LogP contribution < -0.4 is 5.43 Å². The highest BCUT2D eigenvalue weighted by molar-refractivity contribution is 7.99. The van der Waals surface area contributed by atoms with Gasteiger partial charge in [0.05, 0.1) is 5.88 Å². The van der Waals surface area contributed by atoms with Gasteiger partial charge in [-0.25, -0.2) is 9.66 Å². The number of nitrogens with one attached hydrogen (secondary N) is 1. The van der Waals surface area contributed by atoms with Crippen LogP contribution in [0.2, 0.25) is 0 Å². The second-order valence-electron chi connectivity index (χ2n) is 1.53. The van der Waals surface area contributed by atoms with Crippen LogP contribution in [-0.4, -0.2) is 15.5 Å². The first-order valence-electron chi connectivity index (χ1n) is 2.37. The Morgan fingerprint density at radius 2 is 2.88 bits per heavy atom. The van der Waals surface area contributed by atoms with Crippen LogP contribution in [0, 0.1) is 0 Å². The summed E-state index contributed by atoms with van der Waals surface area (Å²) >= 11 is 1.72. The molecule has 0 aromatic carbocycles. The molecule has 1 N–H and O–H groups in total. The van der Waals surface area contributed by atoms with E-state index < -0.39 is 0 Å². The lowest BCUT2D eigenvalue weighted by molar-refractivity contribution is 0.828. The molecular weight excluding hydrogens is 122 g/mol. The molecule has 1 aliphatic heterocycles. The summed E-state index contributed by atoms with van der Waals surface area (Å²) in [6.07, 6.45) is 3.70. The molecule has 0 saturated heterocycles. The monoisotopic (exact) mass is 127 g/mol. The van der Waals surface area contributed by atoms with Crippen LogP contribution in [0.25, 0.3) is 0 Å². The van der Waals surface area contributed by atoms with E-state index in [2.05, 4.69) is 10.4 Å². The topological polar surface area (TPSA) is 29.9 Å². The van der Waals surface area contributed by atoms with Crippen LogP contribution in [0.3, 0.4) is 0 Å². The van der Waals surface area contributed by atoms with Crippen LogP contribution in [0.15, 0.2) is 17.6 Å². The van der Waals surface area contributed by atoms with Gasteiger partial charge in [-0.15, -0.1) is 0 Å². The Morgan fingerprint density at radius 1 is 1.88 bits per heavy atom. The zero-order valence-electron chi connectivity index (χ0n) is 4.16. The second kappa shape index (κ2) is 1.42. The number of hydrogen-bond donors (Lipinski definition) is 1. The summed E-state index contributed by atoms with van der Waals surface area (Å²) in [7, 11) is 0. The Bertz CT molecular complexity index is 176. The first kappa shape index (κ1) is 4.26. The molecule has 8 heavy (non-hydrogen) atoms. The highest BCUT2D eigenvalue weighted by Gasteiger charge is 2.07. The average Bonchev–Trinajstić information content (AvgIpc) is 2.15. The molecule has 4 heteroatoms. The van der Waals surface area contributed by atoms with E-state index in [-0.39, 0.29) is 0 Å². The van der Waals surface area contributed by atoms with Crippen molar-refractivity contribution in [2.75, 3.05) is 11.3 Å². The Labute approximate surface area is 51.1 Å². The predicted octanol–water partition coefficient (Wildman–Crippen LogP) is 0.490. The van der Waals surface area contributed by atoms with Gasteiger partial charge >= 0.3 is 0 Å². The Balaban J connectivity index is 2.54. The summed E-state index contributed by atoms with van der Waals surface area (Å²) < 4.78 is 1.92. The molecule has 0 bridgehead atoms. The number of nitrogens with zero attached hydrogens (tertiary/aromatic N) is 2. The van der Waals surface area contributed by atoms with Gasteiger partial charge in [0.25, 0.3) is 0 Å². The third kappa shape index (κ3) is 0.432. The number of fused-ring (bicyclic) bond motifs is 1.